The quantitative estimate of drug-likeness (QED) is 0.242. The number of hydrogen-bond acceptors (Lipinski definition) is 4. The highest BCUT2D eigenvalue weighted by molar-refractivity contribution is 14.0. The molecule has 7 nitrogen and oxygen atoms in total. The number of nitrogens with zero attached hydrogens (tertiary/aromatic N) is 1. The molecule has 2 aromatic carbocycles. The number of primary amides is 1. The molecule has 0 fully saturated rings. The summed E-state index contributed by atoms with van der Waals surface area (Å²) in [5.74, 6) is 1.54. The monoisotopic (exact) mass is 576 g/mol. The van der Waals surface area contributed by atoms with Crippen molar-refractivity contribution in [2.24, 2.45) is 10.7 Å². The van der Waals surface area contributed by atoms with Gasteiger partial charge in [-0.05, 0) is 52.7 Å². The van der Waals surface area contributed by atoms with Crippen LogP contribution in [0.4, 0.5) is 0 Å². The van der Waals surface area contributed by atoms with E-state index in [2.05, 4.69) is 31.6 Å². The van der Waals surface area contributed by atoms with E-state index in [4.69, 9.17) is 15.2 Å². The number of carbonyl (C=O) groups is 1. The third-order valence-electron chi connectivity index (χ3n) is 3.68. The van der Waals surface area contributed by atoms with Crippen LogP contribution in [0.3, 0.4) is 0 Å². The maximum absolute atomic E-state index is 10.8. The normalized spacial score (nSPS) is 11.8. The van der Waals surface area contributed by atoms with Crippen LogP contribution < -0.4 is 25.8 Å². The highest BCUT2D eigenvalue weighted by Crippen LogP contribution is 2.24. The molecule has 0 saturated heterocycles. The Labute approximate surface area is 196 Å². The lowest BCUT2D eigenvalue weighted by molar-refractivity contribution is -0.119. The van der Waals surface area contributed by atoms with Crippen LogP contribution in [0.5, 0.6) is 11.5 Å². The number of nitrogens with one attached hydrogen (secondary N) is 2. The summed E-state index contributed by atoms with van der Waals surface area (Å²) >= 11 is 3.48. The van der Waals surface area contributed by atoms with Gasteiger partial charge >= 0.3 is 0 Å². The molecule has 0 radical (unpaired) electrons. The van der Waals surface area contributed by atoms with Crippen LogP contribution in [0.1, 0.15) is 12.5 Å². The van der Waals surface area contributed by atoms with Gasteiger partial charge in [0.15, 0.2) is 12.6 Å². The molecule has 4 N–H and O–H groups in total. The van der Waals surface area contributed by atoms with E-state index in [1.54, 1.807) is 13.1 Å². The van der Waals surface area contributed by atoms with Gasteiger partial charge in [-0.15, -0.1) is 24.0 Å². The van der Waals surface area contributed by atoms with Crippen molar-refractivity contribution in [2.75, 3.05) is 20.2 Å². The van der Waals surface area contributed by atoms with E-state index < -0.39 is 5.91 Å². The smallest absolute Gasteiger partial charge is 0.255 e. The van der Waals surface area contributed by atoms with Gasteiger partial charge in [-0.2, -0.15) is 0 Å². The summed E-state index contributed by atoms with van der Waals surface area (Å²) in [6.45, 7) is 2.98. The Morgan fingerprint density at radius 3 is 2.66 bits per heavy atom. The number of para-hydroxylation sites is 1. The number of carbonyl (C=O) groups excluding carboxylic acids is 1. The van der Waals surface area contributed by atoms with Crippen LogP contribution in [0, 0.1) is 0 Å². The molecule has 158 valence electrons. The second-order valence-electron chi connectivity index (χ2n) is 6.07. The lowest BCUT2D eigenvalue weighted by atomic mass is 10.2. The first-order chi connectivity index (χ1) is 13.5. The van der Waals surface area contributed by atoms with E-state index in [1.165, 1.54) is 0 Å². The molecule has 0 aliphatic rings. The van der Waals surface area contributed by atoms with Crippen LogP contribution >= 0.6 is 39.9 Å². The molecule has 0 heterocycles. The Kier molecular flexibility index (Phi) is 11.4. The zero-order chi connectivity index (χ0) is 20.4. The van der Waals surface area contributed by atoms with Crippen LogP contribution in [0.25, 0.3) is 0 Å². The first-order valence-corrected chi connectivity index (χ1v) is 9.63. The Bertz CT molecular complexity index is 820. The molecule has 0 saturated carbocycles. The van der Waals surface area contributed by atoms with Crippen molar-refractivity contribution in [3.8, 4) is 11.5 Å². The van der Waals surface area contributed by atoms with Crippen molar-refractivity contribution >= 4 is 51.8 Å². The number of hydrogen-bond donors (Lipinski definition) is 3. The van der Waals surface area contributed by atoms with E-state index in [1.807, 2.05) is 49.4 Å². The molecule has 0 spiro atoms. The minimum Gasteiger partial charge on any atom is -0.488 e. The van der Waals surface area contributed by atoms with Crippen LogP contribution in [0.2, 0.25) is 0 Å². The fourth-order valence-corrected chi connectivity index (χ4v) is 2.72. The Balaban J connectivity index is 0.00000420. The molecule has 1 unspecified atom stereocenters. The van der Waals surface area contributed by atoms with Gasteiger partial charge in [0.1, 0.15) is 17.6 Å². The zero-order valence-corrected chi connectivity index (χ0v) is 20.3. The van der Waals surface area contributed by atoms with Gasteiger partial charge < -0.3 is 25.8 Å². The van der Waals surface area contributed by atoms with Crippen molar-refractivity contribution in [2.45, 2.75) is 19.6 Å². The summed E-state index contributed by atoms with van der Waals surface area (Å²) < 4.78 is 12.2. The summed E-state index contributed by atoms with van der Waals surface area (Å²) in [6.07, 6.45) is -0.0530. The molecule has 1 atom stereocenters. The molecule has 2 rings (SSSR count). The number of aliphatic imine (C=N–C) groups is 1. The van der Waals surface area contributed by atoms with E-state index in [0.717, 1.165) is 15.8 Å². The molecule has 9 heteroatoms. The van der Waals surface area contributed by atoms with Crippen LogP contribution in [-0.4, -0.2) is 38.2 Å². The predicted molar refractivity (Wildman–Crippen MR) is 129 cm³/mol. The Hall–Kier alpha value is -2.01. The predicted octanol–water partition coefficient (Wildman–Crippen LogP) is 3.06. The second kappa shape index (κ2) is 13.3. The standard InChI is InChI=1S/C20H25BrN4O3.HI/c1-14(28-18-9-4-3-8-17(18)21)11-24-20(23-2)25-12-15-6-5-7-16(10-15)27-13-19(22)26;/h3-10,14H,11-13H2,1-2H3,(H2,22,26)(H2,23,24,25);1H. The number of ether oxygens (including phenoxy) is 2. The van der Waals surface area contributed by atoms with Crippen molar-refractivity contribution in [3.05, 3.63) is 58.6 Å². The molecule has 0 aromatic heterocycles. The molecule has 0 aliphatic carbocycles. The van der Waals surface area contributed by atoms with E-state index >= 15 is 0 Å². The average Bonchev–Trinajstić information content (AvgIpc) is 2.68. The third kappa shape index (κ3) is 9.35. The molecular weight excluding hydrogens is 551 g/mol. The SMILES string of the molecule is CN=C(NCc1cccc(OCC(N)=O)c1)NCC(C)Oc1ccccc1Br.I. The maximum Gasteiger partial charge on any atom is 0.255 e. The fraction of sp³-hybridized carbons (Fsp3) is 0.300. The zero-order valence-electron chi connectivity index (χ0n) is 16.4. The number of nitrogens with two attached hydrogens (primary N) is 1. The van der Waals surface area contributed by atoms with Gasteiger partial charge in [-0.3, -0.25) is 9.79 Å². The number of rotatable bonds is 9. The van der Waals surface area contributed by atoms with Crippen molar-refractivity contribution < 1.29 is 14.3 Å². The number of guanidine groups is 1. The van der Waals surface area contributed by atoms with Gasteiger partial charge in [0.2, 0.25) is 0 Å². The lowest BCUT2D eigenvalue weighted by Gasteiger charge is -2.18. The van der Waals surface area contributed by atoms with Crippen LogP contribution in [0.15, 0.2) is 58.0 Å². The van der Waals surface area contributed by atoms with E-state index in [-0.39, 0.29) is 36.7 Å². The molecule has 2 aromatic rings. The first kappa shape index (κ1) is 25.0. The Morgan fingerprint density at radius 1 is 1.21 bits per heavy atom. The highest BCUT2D eigenvalue weighted by Gasteiger charge is 2.08. The van der Waals surface area contributed by atoms with Gasteiger partial charge in [0.25, 0.3) is 5.91 Å². The van der Waals surface area contributed by atoms with Gasteiger partial charge in [-0.1, -0.05) is 24.3 Å². The minimum absolute atomic E-state index is 0. The summed E-state index contributed by atoms with van der Waals surface area (Å²) in [6, 6.07) is 15.2. The van der Waals surface area contributed by atoms with Gasteiger partial charge in [-0.25, -0.2) is 0 Å². The fourth-order valence-electron chi connectivity index (χ4n) is 2.35. The van der Waals surface area contributed by atoms with Crippen LogP contribution in [-0.2, 0) is 11.3 Å². The Morgan fingerprint density at radius 2 is 1.97 bits per heavy atom. The topological polar surface area (TPSA) is 98.0 Å². The highest BCUT2D eigenvalue weighted by atomic mass is 127. The summed E-state index contributed by atoms with van der Waals surface area (Å²) in [5, 5.41) is 6.48. The summed E-state index contributed by atoms with van der Waals surface area (Å²) in [7, 11) is 1.71. The van der Waals surface area contributed by atoms with Gasteiger partial charge in [0, 0.05) is 13.6 Å². The maximum atomic E-state index is 10.8. The molecular formula is C20H26BrIN4O3. The van der Waals surface area contributed by atoms with Crippen molar-refractivity contribution in [3.63, 3.8) is 0 Å². The number of amides is 1. The molecule has 0 aliphatic heterocycles. The molecule has 29 heavy (non-hydrogen) atoms. The molecule has 1 amide bonds. The first-order valence-electron chi connectivity index (χ1n) is 8.83. The van der Waals surface area contributed by atoms with Gasteiger partial charge in [0.05, 0.1) is 11.0 Å². The third-order valence-corrected chi connectivity index (χ3v) is 4.34. The summed E-state index contributed by atoms with van der Waals surface area (Å²) in [4.78, 5) is 15.0. The molecule has 0 bridgehead atoms. The second-order valence-corrected chi connectivity index (χ2v) is 6.92. The lowest BCUT2D eigenvalue weighted by Crippen LogP contribution is -2.41. The van der Waals surface area contributed by atoms with Crippen molar-refractivity contribution in [1.29, 1.82) is 0 Å². The minimum atomic E-state index is -0.507. The largest absolute Gasteiger partial charge is 0.488 e. The number of halogens is 2. The summed E-state index contributed by atoms with van der Waals surface area (Å²) in [5.41, 5.74) is 6.08. The van der Waals surface area contributed by atoms with E-state index in [0.29, 0.717) is 24.8 Å². The van der Waals surface area contributed by atoms with Crippen molar-refractivity contribution in [1.82, 2.24) is 10.6 Å². The number of benzene rings is 2. The van der Waals surface area contributed by atoms with E-state index in [9.17, 15) is 4.79 Å². The average molecular weight is 577 g/mol.